The van der Waals surface area contributed by atoms with E-state index in [0.29, 0.717) is 6.04 Å². The standard InChI is InChI=1S/C15H26N4O/c1-4-8-19(12-6-5-7-16-10-12)13-9-14(20)18-15(17-13)11(2)3/h9,11-12,16H,4-8,10H2,1-3H3,(H,17,18,20). The molecule has 0 aromatic carbocycles. The number of aromatic amines is 1. The summed E-state index contributed by atoms with van der Waals surface area (Å²) in [7, 11) is 0. The molecule has 0 spiro atoms. The molecule has 1 aliphatic heterocycles. The molecule has 0 amide bonds. The van der Waals surface area contributed by atoms with Crippen LogP contribution in [0.25, 0.3) is 0 Å². The zero-order valence-corrected chi connectivity index (χ0v) is 12.8. The Bertz CT molecular complexity index is 477. The third kappa shape index (κ3) is 3.60. The Morgan fingerprint density at radius 1 is 1.50 bits per heavy atom. The maximum Gasteiger partial charge on any atom is 0.252 e. The van der Waals surface area contributed by atoms with Gasteiger partial charge >= 0.3 is 0 Å². The number of nitrogens with one attached hydrogen (secondary N) is 2. The lowest BCUT2D eigenvalue weighted by Gasteiger charge is -2.35. The molecular formula is C15H26N4O. The van der Waals surface area contributed by atoms with Crippen molar-refractivity contribution in [3.8, 4) is 0 Å². The number of rotatable bonds is 5. The number of piperidine rings is 1. The summed E-state index contributed by atoms with van der Waals surface area (Å²) in [5, 5.41) is 3.44. The highest BCUT2D eigenvalue weighted by Crippen LogP contribution is 2.19. The Labute approximate surface area is 120 Å². The van der Waals surface area contributed by atoms with Crippen molar-refractivity contribution in [1.82, 2.24) is 15.3 Å². The summed E-state index contributed by atoms with van der Waals surface area (Å²) in [5.41, 5.74) is -0.0522. The molecule has 2 rings (SSSR count). The SMILES string of the molecule is CCCN(c1cc(=O)[nH]c(C(C)C)n1)C1CCCNC1. The van der Waals surface area contributed by atoms with Crippen LogP contribution in [0.15, 0.2) is 10.9 Å². The molecule has 1 aromatic rings. The van der Waals surface area contributed by atoms with Crippen molar-refractivity contribution < 1.29 is 0 Å². The fraction of sp³-hybridized carbons (Fsp3) is 0.733. The van der Waals surface area contributed by atoms with Gasteiger partial charge in [0.05, 0.1) is 0 Å². The number of anilines is 1. The average Bonchev–Trinajstić information content (AvgIpc) is 2.45. The maximum atomic E-state index is 11.9. The van der Waals surface area contributed by atoms with Crippen LogP contribution in [0.4, 0.5) is 5.82 Å². The molecule has 5 nitrogen and oxygen atoms in total. The van der Waals surface area contributed by atoms with Gasteiger partial charge in [-0.2, -0.15) is 0 Å². The molecule has 1 aliphatic rings. The van der Waals surface area contributed by atoms with E-state index in [2.05, 4.69) is 27.1 Å². The first-order valence-electron chi connectivity index (χ1n) is 7.70. The van der Waals surface area contributed by atoms with Crippen molar-refractivity contribution in [2.75, 3.05) is 24.5 Å². The summed E-state index contributed by atoms with van der Waals surface area (Å²) in [6, 6.07) is 2.08. The van der Waals surface area contributed by atoms with E-state index in [1.54, 1.807) is 6.07 Å². The van der Waals surface area contributed by atoms with Crippen LogP contribution in [-0.4, -0.2) is 35.6 Å². The Balaban J connectivity index is 2.30. The summed E-state index contributed by atoms with van der Waals surface area (Å²) in [5.74, 6) is 1.83. The maximum absolute atomic E-state index is 11.9. The van der Waals surface area contributed by atoms with Gasteiger partial charge in [-0.05, 0) is 25.8 Å². The minimum Gasteiger partial charge on any atom is -0.352 e. The van der Waals surface area contributed by atoms with Crippen molar-refractivity contribution in [3.63, 3.8) is 0 Å². The van der Waals surface area contributed by atoms with Gasteiger partial charge in [0.2, 0.25) is 0 Å². The highest BCUT2D eigenvalue weighted by Gasteiger charge is 2.22. The monoisotopic (exact) mass is 278 g/mol. The van der Waals surface area contributed by atoms with E-state index in [4.69, 9.17) is 0 Å². The van der Waals surface area contributed by atoms with Gasteiger partial charge in [0.25, 0.3) is 5.56 Å². The van der Waals surface area contributed by atoms with Gasteiger partial charge in [0, 0.05) is 31.1 Å². The molecule has 1 atom stereocenters. The quantitative estimate of drug-likeness (QED) is 0.863. The van der Waals surface area contributed by atoms with Crippen LogP contribution in [0, 0.1) is 0 Å². The van der Waals surface area contributed by atoms with Gasteiger partial charge in [-0.3, -0.25) is 4.79 Å². The van der Waals surface area contributed by atoms with Crippen LogP contribution in [0.2, 0.25) is 0 Å². The van der Waals surface area contributed by atoms with Crippen molar-refractivity contribution in [3.05, 3.63) is 22.2 Å². The zero-order chi connectivity index (χ0) is 14.5. The first kappa shape index (κ1) is 15.0. The molecule has 1 unspecified atom stereocenters. The lowest BCUT2D eigenvalue weighted by Crippen LogP contribution is -2.47. The molecule has 2 heterocycles. The lowest BCUT2D eigenvalue weighted by atomic mass is 10.1. The second kappa shape index (κ2) is 6.88. The number of aromatic nitrogens is 2. The number of hydrogen-bond donors (Lipinski definition) is 2. The molecule has 1 aromatic heterocycles. The van der Waals surface area contributed by atoms with Gasteiger partial charge < -0.3 is 15.2 Å². The molecule has 5 heteroatoms. The number of nitrogens with zero attached hydrogens (tertiary/aromatic N) is 2. The average molecular weight is 278 g/mol. The van der Waals surface area contributed by atoms with Gasteiger partial charge in [-0.25, -0.2) is 4.98 Å². The van der Waals surface area contributed by atoms with E-state index in [-0.39, 0.29) is 11.5 Å². The van der Waals surface area contributed by atoms with Crippen LogP contribution >= 0.6 is 0 Å². The first-order chi connectivity index (χ1) is 9.61. The van der Waals surface area contributed by atoms with Crippen molar-refractivity contribution in [2.45, 2.75) is 52.0 Å². The lowest BCUT2D eigenvalue weighted by molar-refractivity contribution is 0.428. The third-order valence-electron chi connectivity index (χ3n) is 3.76. The van der Waals surface area contributed by atoms with E-state index in [9.17, 15) is 4.79 Å². The normalized spacial score (nSPS) is 19.3. The molecule has 0 saturated carbocycles. The Morgan fingerprint density at radius 2 is 2.30 bits per heavy atom. The fourth-order valence-corrected chi connectivity index (χ4v) is 2.71. The molecule has 0 radical (unpaired) electrons. The Kier molecular flexibility index (Phi) is 5.17. The van der Waals surface area contributed by atoms with Crippen LogP contribution in [-0.2, 0) is 0 Å². The third-order valence-corrected chi connectivity index (χ3v) is 3.76. The van der Waals surface area contributed by atoms with E-state index in [0.717, 1.165) is 37.7 Å². The van der Waals surface area contributed by atoms with Crippen LogP contribution in [0.1, 0.15) is 51.8 Å². The molecular weight excluding hydrogens is 252 g/mol. The fourth-order valence-electron chi connectivity index (χ4n) is 2.71. The molecule has 0 aliphatic carbocycles. The Hall–Kier alpha value is -1.36. The minimum absolute atomic E-state index is 0.0522. The minimum atomic E-state index is -0.0522. The van der Waals surface area contributed by atoms with Gasteiger partial charge in [0.15, 0.2) is 0 Å². The molecule has 2 N–H and O–H groups in total. The predicted octanol–water partition coefficient (Wildman–Crippen LogP) is 1.86. The summed E-state index contributed by atoms with van der Waals surface area (Å²) in [4.78, 5) is 21.7. The zero-order valence-electron chi connectivity index (χ0n) is 12.8. The van der Waals surface area contributed by atoms with E-state index in [1.165, 1.54) is 12.8 Å². The first-order valence-corrected chi connectivity index (χ1v) is 7.70. The second-order valence-electron chi connectivity index (χ2n) is 5.84. The van der Waals surface area contributed by atoms with Gasteiger partial charge in [-0.15, -0.1) is 0 Å². The van der Waals surface area contributed by atoms with Crippen LogP contribution in [0.5, 0.6) is 0 Å². The van der Waals surface area contributed by atoms with E-state index >= 15 is 0 Å². The van der Waals surface area contributed by atoms with Crippen LogP contribution in [0.3, 0.4) is 0 Å². The van der Waals surface area contributed by atoms with E-state index in [1.807, 2.05) is 13.8 Å². The highest BCUT2D eigenvalue weighted by molar-refractivity contribution is 5.39. The van der Waals surface area contributed by atoms with Gasteiger partial charge in [-0.1, -0.05) is 20.8 Å². The van der Waals surface area contributed by atoms with Crippen molar-refractivity contribution in [1.29, 1.82) is 0 Å². The summed E-state index contributed by atoms with van der Waals surface area (Å²) in [6.45, 7) is 9.28. The van der Waals surface area contributed by atoms with Crippen molar-refractivity contribution in [2.24, 2.45) is 0 Å². The predicted molar refractivity (Wildman–Crippen MR) is 82.5 cm³/mol. The Morgan fingerprint density at radius 3 is 2.90 bits per heavy atom. The van der Waals surface area contributed by atoms with Crippen LogP contribution < -0.4 is 15.8 Å². The number of H-pyrrole nitrogens is 1. The topological polar surface area (TPSA) is 61.0 Å². The smallest absolute Gasteiger partial charge is 0.252 e. The molecule has 1 saturated heterocycles. The largest absolute Gasteiger partial charge is 0.352 e. The second-order valence-corrected chi connectivity index (χ2v) is 5.84. The summed E-state index contributed by atoms with van der Waals surface area (Å²) >= 11 is 0. The summed E-state index contributed by atoms with van der Waals surface area (Å²) in [6.07, 6.45) is 3.41. The summed E-state index contributed by atoms with van der Waals surface area (Å²) < 4.78 is 0. The molecule has 112 valence electrons. The number of hydrogen-bond acceptors (Lipinski definition) is 4. The van der Waals surface area contributed by atoms with Gasteiger partial charge in [0.1, 0.15) is 11.6 Å². The highest BCUT2D eigenvalue weighted by atomic mass is 16.1. The molecule has 20 heavy (non-hydrogen) atoms. The van der Waals surface area contributed by atoms with Crippen molar-refractivity contribution >= 4 is 5.82 Å². The molecule has 0 bridgehead atoms. The molecule has 1 fully saturated rings. The van der Waals surface area contributed by atoms with E-state index < -0.39 is 0 Å².